The van der Waals surface area contributed by atoms with Crippen LogP contribution in [0.5, 0.6) is 5.75 Å². The minimum Gasteiger partial charge on any atom is -0.422 e. The van der Waals surface area contributed by atoms with Crippen LogP contribution in [0.1, 0.15) is 97.1 Å². The van der Waals surface area contributed by atoms with Crippen LogP contribution in [0.4, 0.5) is 0 Å². The predicted octanol–water partition coefficient (Wildman–Crippen LogP) is 4.71. The fraction of sp³-hybridized carbons (Fsp3) is 0.536. The Morgan fingerprint density at radius 1 is 0.895 bits per heavy atom. The van der Waals surface area contributed by atoms with Gasteiger partial charge < -0.3 is 49.7 Å². The van der Waals surface area contributed by atoms with Gasteiger partial charge in [0, 0.05) is 55.3 Å². The molecule has 20 heteroatoms. The predicted molar refractivity (Wildman–Crippen MR) is 280 cm³/mol. The van der Waals surface area contributed by atoms with E-state index >= 15 is 0 Å². The maximum Gasteiger partial charge on any atom is 0.345 e. The first kappa shape index (κ1) is 56.5. The molecule has 3 aromatic carbocycles. The smallest absolute Gasteiger partial charge is 0.345 e. The average Bonchev–Trinajstić information content (AvgIpc) is 3.67. The molecule has 4 aromatic rings. The first-order chi connectivity index (χ1) is 36.3. The summed E-state index contributed by atoms with van der Waals surface area (Å²) in [6, 6.07) is 17.7. The van der Waals surface area contributed by atoms with Crippen LogP contribution in [0.3, 0.4) is 0 Å². The Hall–Kier alpha value is -5.71. The highest BCUT2D eigenvalue weighted by atomic mass is 32.2. The number of amides is 2. The van der Waals surface area contributed by atoms with Crippen molar-refractivity contribution < 1.29 is 75.8 Å². The van der Waals surface area contributed by atoms with E-state index in [9.17, 15) is 47.5 Å². The number of carbonyl (C=O) groups is 4. The van der Waals surface area contributed by atoms with Gasteiger partial charge in [0.05, 0.1) is 66.9 Å². The first-order valence-corrected chi connectivity index (χ1v) is 27.7. The SMILES string of the molecule is COCCOCc1cc(C(=O)NCCOCCNC(=O)CO/N=C2/C=C3CCC4C(C(O)CC5(C)C4CCC5(O)C(=O)CO)C3(C)CC2)cc(C)c1OC(=O)c1c2ccccc2[n+](CCCS(=O)(=O)O)c2ccccc12. The molecule has 6 N–H and O–H groups in total. The standard InChI is InChI=1S/C56H70N4O15S/c1-35-28-36(29-37(33-73-26-25-71-4)51(35)75-53(66)49-41-10-5-7-12-44(41)60(22-9-27-76(68,69)70)45-13-8-6-11-42(45)49)52(65)58-21-24-72-23-20-57-48(64)34-74-59-39-16-18-54(2)38(30-39)14-15-40-43-17-19-56(67,47(63)32-61)55(43,3)31-46(62)50(40)54/h5-8,10-13,28-30,40,43,46,50,61-62,67H,9,14-27,31-34H2,1-4H3,(H2-,57,58,64,65,68,69,70)/p+1/b59-39+. The highest BCUT2D eigenvalue weighted by molar-refractivity contribution is 7.85. The van der Waals surface area contributed by atoms with Crippen molar-refractivity contribution in [3.63, 3.8) is 0 Å². The van der Waals surface area contributed by atoms with Crippen molar-refractivity contribution in [3.05, 3.63) is 94.6 Å². The number of hydrogen-bond donors (Lipinski definition) is 6. The molecule has 7 unspecified atom stereocenters. The van der Waals surface area contributed by atoms with Crippen molar-refractivity contribution >= 4 is 61.2 Å². The molecule has 2 amide bonds. The normalized spacial score (nSPS) is 25.6. The van der Waals surface area contributed by atoms with Gasteiger partial charge in [-0.15, -0.1) is 0 Å². The zero-order valence-corrected chi connectivity index (χ0v) is 44.5. The third-order valence-electron chi connectivity index (χ3n) is 16.6. The second-order valence-corrected chi connectivity index (χ2v) is 22.7. The molecule has 1 aromatic heterocycles. The number of hydrogen-bond acceptors (Lipinski definition) is 15. The van der Waals surface area contributed by atoms with Gasteiger partial charge in [-0.05, 0) is 111 Å². The molecule has 76 heavy (non-hydrogen) atoms. The van der Waals surface area contributed by atoms with E-state index in [1.54, 1.807) is 50.4 Å². The van der Waals surface area contributed by atoms with Crippen LogP contribution in [0, 0.1) is 35.5 Å². The molecular formula is C56H71N4O15S+. The Balaban J connectivity index is 0.814. The third-order valence-corrected chi connectivity index (χ3v) is 17.4. The van der Waals surface area contributed by atoms with E-state index in [0.717, 1.165) is 25.0 Å². The van der Waals surface area contributed by atoms with E-state index in [1.807, 2.05) is 41.8 Å². The van der Waals surface area contributed by atoms with Gasteiger partial charge in [-0.3, -0.25) is 18.9 Å². The minimum absolute atomic E-state index is 0.00331. The molecule has 410 valence electrons. The zero-order valence-electron chi connectivity index (χ0n) is 43.7. The van der Waals surface area contributed by atoms with Crippen molar-refractivity contribution in [1.82, 2.24) is 10.6 Å². The minimum atomic E-state index is -4.18. The molecule has 0 spiro atoms. The zero-order chi connectivity index (χ0) is 54.4. The van der Waals surface area contributed by atoms with Gasteiger partial charge in [-0.2, -0.15) is 13.0 Å². The number of aliphatic hydroxyl groups excluding tert-OH is 2. The lowest BCUT2D eigenvalue weighted by Crippen LogP contribution is -2.62. The number of esters is 1. The highest BCUT2D eigenvalue weighted by Crippen LogP contribution is 2.67. The summed E-state index contributed by atoms with van der Waals surface area (Å²) in [7, 11) is -2.63. The molecule has 1 heterocycles. The van der Waals surface area contributed by atoms with Crippen LogP contribution in [-0.2, 0) is 51.9 Å². The Bertz CT molecular complexity index is 2960. The van der Waals surface area contributed by atoms with Crippen molar-refractivity contribution in [2.45, 2.75) is 97.0 Å². The number of Topliss-reactive ketones (excluding diaryl/α,β-unsaturated/α-hetero) is 1. The van der Waals surface area contributed by atoms with Crippen LogP contribution in [-0.4, -0.2) is 135 Å². The molecule has 0 aliphatic heterocycles. The van der Waals surface area contributed by atoms with Crippen LogP contribution in [0.25, 0.3) is 21.8 Å². The monoisotopic (exact) mass is 1070 g/mol. The third kappa shape index (κ3) is 11.7. The molecule has 3 fully saturated rings. The quantitative estimate of drug-likeness (QED) is 0.0112. The summed E-state index contributed by atoms with van der Waals surface area (Å²) in [6.07, 6.45) is 5.66. The summed E-state index contributed by atoms with van der Waals surface area (Å²) in [4.78, 5) is 58.7. The molecule has 0 bridgehead atoms. The number of carbonyl (C=O) groups excluding carboxylic acids is 4. The molecule has 4 aliphatic carbocycles. The van der Waals surface area contributed by atoms with Crippen molar-refractivity contribution in [2.24, 2.45) is 33.7 Å². The summed E-state index contributed by atoms with van der Waals surface area (Å²) in [5.41, 5.74) is 2.08. The van der Waals surface area contributed by atoms with E-state index in [0.29, 0.717) is 76.3 Å². The van der Waals surface area contributed by atoms with E-state index in [1.165, 1.54) is 5.57 Å². The number of para-hydroxylation sites is 2. The number of aromatic nitrogens is 1. The van der Waals surface area contributed by atoms with Crippen LogP contribution >= 0.6 is 0 Å². The molecule has 3 saturated carbocycles. The van der Waals surface area contributed by atoms with Gasteiger partial charge in [0.15, 0.2) is 18.9 Å². The summed E-state index contributed by atoms with van der Waals surface area (Å²) in [5, 5.41) is 43.9. The van der Waals surface area contributed by atoms with Gasteiger partial charge in [-0.1, -0.05) is 48.8 Å². The van der Waals surface area contributed by atoms with Crippen molar-refractivity contribution in [1.29, 1.82) is 0 Å². The number of fused-ring (bicyclic) bond motifs is 7. The molecule has 4 aliphatic rings. The maximum absolute atomic E-state index is 14.4. The number of rotatable bonds is 23. The van der Waals surface area contributed by atoms with Gasteiger partial charge >= 0.3 is 5.97 Å². The average molecular weight is 1070 g/mol. The number of nitrogens with one attached hydrogen (secondary N) is 2. The second kappa shape index (κ2) is 23.9. The van der Waals surface area contributed by atoms with E-state index < -0.39 is 57.3 Å². The summed E-state index contributed by atoms with van der Waals surface area (Å²) in [5.74, 6) is -2.02. The number of ketones is 1. The fourth-order valence-electron chi connectivity index (χ4n) is 13.0. The van der Waals surface area contributed by atoms with E-state index in [4.69, 9.17) is 23.8 Å². The summed E-state index contributed by atoms with van der Waals surface area (Å²) in [6.45, 7) is 6.34. The molecule has 8 rings (SSSR count). The Labute approximate surface area is 442 Å². The fourth-order valence-corrected chi connectivity index (χ4v) is 13.5. The second-order valence-electron chi connectivity index (χ2n) is 21.1. The lowest BCUT2D eigenvalue weighted by Gasteiger charge is -2.60. The van der Waals surface area contributed by atoms with Gasteiger partial charge in [0.1, 0.15) is 18.0 Å². The number of aryl methyl sites for hydroxylation is 2. The van der Waals surface area contributed by atoms with Gasteiger partial charge in [0.25, 0.3) is 21.9 Å². The first-order valence-electron chi connectivity index (χ1n) is 26.1. The molecule has 7 atom stereocenters. The lowest BCUT2D eigenvalue weighted by atomic mass is 9.45. The molecular weight excluding hydrogens is 1000 g/mol. The van der Waals surface area contributed by atoms with Crippen LogP contribution in [0.2, 0.25) is 0 Å². The number of methoxy groups -OCH3 is 1. The Morgan fingerprint density at radius 3 is 2.28 bits per heavy atom. The Kier molecular flexibility index (Phi) is 17.8. The van der Waals surface area contributed by atoms with Crippen LogP contribution < -0.4 is 19.9 Å². The van der Waals surface area contributed by atoms with E-state index in [-0.39, 0.29) is 93.9 Å². The summed E-state index contributed by atoms with van der Waals surface area (Å²) >= 11 is 0. The largest absolute Gasteiger partial charge is 0.422 e. The van der Waals surface area contributed by atoms with Gasteiger partial charge in [-0.25, -0.2) is 4.79 Å². The number of pyridine rings is 1. The topological polar surface area (TPSA) is 270 Å². The number of ether oxygens (including phenoxy) is 4. The van der Waals surface area contributed by atoms with Crippen molar-refractivity contribution in [3.8, 4) is 5.75 Å². The Morgan fingerprint density at radius 2 is 1.59 bits per heavy atom. The lowest BCUT2D eigenvalue weighted by molar-refractivity contribution is -0.645. The number of allylic oxidation sites excluding steroid dienone is 2. The molecule has 0 saturated heterocycles. The number of nitrogens with zero attached hydrogens (tertiary/aromatic N) is 2. The highest BCUT2D eigenvalue weighted by Gasteiger charge is 2.68. The van der Waals surface area contributed by atoms with Gasteiger partial charge in [0.2, 0.25) is 11.0 Å². The number of benzene rings is 3. The number of aliphatic hydroxyl groups is 3. The molecule has 0 radical (unpaired) electrons. The van der Waals surface area contributed by atoms with E-state index in [2.05, 4.69) is 22.7 Å². The number of oxime groups is 1. The summed E-state index contributed by atoms with van der Waals surface area (Å²) < 4.78 is 57.3. The van der Waals surface area contributed by atoms with Crippen LogP contribution in [0.15, 0.2) is 77.5 Å². The van der Waals surface area contributed by atoms with Crippen molar-refractivity contribution in [2.75, 3.05) is 65.6 Å². The molecule has 19 nitrogen and oxygen atoms in total. The maximum atomic E-state index is 14.4.